The molecule has 0 radical (unpaired) electrons. The van der Waals surface area contributed by atoms with Gasteiger partial charge < -0.3 is 19.4 Å². The number of carbonyl (C=O) groups is 2. The molecule has 5 rings (SSSR count). The van der Waals surface area contributed by atoms with Crippen LogP contribution in [0.5, 0.6) is 0 Å². The number of nitrogens with zero attached hydrogens (tertiary/aromatic N) is 4. The lowest BCUT2D eigenvalue weighted by atomic mass is 10.0. The van der Waals surface area contributed by atoms with Crippen LogP contribution in [0.15, 0.2) is 30.3 Å². The van der Waals surface area contributed by atoms with E-state index in [0.717, 1.165) is 60.8 Å². The number of carbonyl (C=O) groups excluding carboxylic acids is 2. The van der Waals surface area contributed by atoms with Crippen molar-refractivity contribution in [3.63, 3.8) is 0 Å². The van der Waals surface area contributed by atoms with E-state index in [2.05, 4.69) is 16.7 Å². The molecule has 2 aliphatic heterocycles. The van der Waals surface area contributed by atoms with Crippen molar-refractivity contribution in [3.8, 4) is 0 Å². The Kier molecular flexibility index (Phi) is 5.27. The van der Waals surface area contributed by atoms with Gasteiger partial charge in [0, 0.05) is 25.3 Å². The minimum absolute atomic E-state index is 0.156. The number of likely N-dealkylation sites (N-methyl/N-ethyl adjacent to an activating group) is 1. The second kappa shape index (κ2) is 8.11. The van der Waals surface area contributed by atoms with Crippen LogP contribution in [0.1, 0.15) is 54.9 Å². The van der Waals surface area contributed by atoms with Crippen molar-refractivity contribution in [2.75, 3.05) is 35.4 Å². The van der Waals surface area contributed by atoms with Crippen molar-refractivity contribution in [2.24, 2.45) is 0 Å². The van der Waals surface area contributed by atoms with Gasteiger partial charge in [-0.1, -0.05) is 19.8 Å². The number of hydrogen-bond donors (Lipinski definition) is 0. The summed E-state index contributed by atoms with van der Waals surface area (Å²) in [5.41, 5.74) is 3.66. The fourth-order valence-electron chi connectivity index (χ4n) is 5.51. The molecule has 1 aromatic carbocycles. The van der Waals surface area contributed by atoms with Gasteiger partial charge in [-0.25, -0.2) is 9.78 Å². The van der Waals surface area contributed by atoms with Crippen LogP contribution >= 0.6 is 0 Å². The molecule has 7 nitrogen and oxygen atoms in total. The molecule has 1 fully saturated rings. The molecule has 1 atom stereocenters. The fourth-order valence-corrected chi connectivity index (χ4v) is 5.51. The number of methoxy groups -OCH3 is 1. The zero-order chi connectivity index (χ0) is 22.4. The molecule has 0 unspecified atom stereocenters. The summed E-state index contributed by atoms with van der Waals surface area (Å²) in [6, 6.07) is 9.96. The summed E-state index contributed by atoms with van der Waals surface area (Å²) in [6.07, 6.45) is 6.26. The van der Waals surface area contributed by atoms with Gasteiger partial charge in [0.25, 0.3) is 0 Å². The van der Waals surface area contributed by atoms with Gasteiger partial charge in [0.15, 0.2) is 5.82 Å². The van der Waals surface area contributed by atoms with E-state index in [-0.39, 0.29) is 17.9 Å². The maximum absolute atomic E-state index is 13.1. The van der Waals surface area contributed by atoms with Crippen molar-refractivity contribution >= 4 is 34.9 Å². The molecule has 32 heavy (non-hydrogen) atoms. The molecule has 0 saturated heterocycles. The lowest BCUT2D eigenvalue weighted by Gasteiger charge is -2.44. The van der Waals surface area contributed by atoms with Crippen LogP contribution in [0.4, 0.5) is 23.0 Å². The third-order valence-electron chi connectivity index (χ3n) is 7.17. The zero-order valence-electron chi connectivity index (χ0n) is 19.0. The van der Waals surface area contributed by atoms with Gasteiger partial charge in [0.1, 0.15) is 11.9 Å². The Bertz CT molecular complexity index is 1060. The van der Waals surface area contributed by atoms with E-state index in [1.165, 1.54) is 20.0 Å². The number of rotatable bonds is 4. The van der Waals surface area contributed by atoms with Crippen molar-refractivity contribution in [2.45, 2.75) is 57.5 Å². The van der Waals surface area contributed by atoms with Crippen molar-refractivity contribution in [3.05, 3.63) is 41.5 Å². The van der Waals surface area contributed by atoms with Gasteiger partial charge in [-0.2, -0.15) is 0 Å². The largest absolute Gasteiger partial charge is 0.465 e. The molecular formula is C25H30N4O3. The quantitative estimate of drug-likeness (QED) is 0.676. The van der Waals surface area contributed by atoms with E-state index in [4.69, 9.17) is 9.72 Å². The second-order valence-electron chi connectivity index (χ2n) is 8.92. The highest BCUT2D eigenvalue weighted by Crippen LogP contribution is 2.42. The topological polar surface area (TPSA) is 66.0 Å². The minimum atomic E-state index is -0.316. The van der Waals surface area contributed by atoms with Crippen LogP contribution in [0.2, 0.25) is 0 Å². The predicted molar refractivity (Wildman–Crippen MR) is 125 cm³/mol. The molecule has 0 spiro atoms. The highest BCUT2D eigenvalue weighted by Gasteiger charge is 2.41. The minimum Gasteiger partial charge on any atom is -0.465 e. The van der Waals surface area contributed by atoms with Gasteiger partial charge in [-0.3, -0.25) is 4.79 Å². The molecule has 0 bridgehead atoms. The summed E-state index contributed by atoms with van der Waals surface area (Å²) in [4.78, 5) is 36.5. The lowest BCUT2D eigenvalue weighted by molar-refractivity contribution is -0.120. The third kappa shape index (κ3) is 3.22. The van der Waals surface area contributed by atoms with Gasteiger partial charge in [-0.15, -0.1) is 0 Å². The number of hydrogen-bond acceptors (Lipinski definition) is 6. The molecule has 2 aromatic rings. The molecule has 7 heteroatoms. The first-order valence-electron chi connectivity index (χ1n) is 11.6. The molecule has 1 aliphatic carbocycles. The monoisotopic (exact) mass is 434 g/mol. The van der Waals surface area contributed by atoms with Crippen LogP contribution in [0.25, 0.3) is 0 Å². The molecule has 168 valence electrons. The van der Waals surface area contributed by atoms with Crippen LogP contribution in [0.3, 0.4) is 0 Å². The van der Waals surface area contributed by atoms with Crippen molar-refractivity contribution in [1.29, 1.82) is 0 Å². The van der Waals surface area contributed by atoms with Crippen molar-refractivity contribution in [1.82, 2.24) is 4.98 Å². The van der Waals surface area contributed by atoms with Gasteiger partial charge in [0.2, 0.25) is 5.91 Å². The smallest absolute Gasteiger partial charge is 0.337 e. The first kappa shape index (κ1) is 20.8. The molecule has 1 saturated carbocycles. The highest BCUT2D eigenvalue weighted by molar-refractivity contribution is 6.04. The van der Waals surface area contributed by atoms with E-state index >= 15 is 0 Å². The number of fused-ring (bicyclic) bond motifs is 2. The van der Waals surface area contributed by atoms with Gasteiger partial charge in [0.05, 0.1) is 18.4 Å². The Morgan fingerprint density at radius 1 is 1.16 bits per heavy atom. The Hall–Kier alpha value is -3.09. The van der Waals surface area contributed by atoms with E-state index in [9.17, 15) is 9.59 Å². The number of ether oxygens (including phenoxy) is 1. The number of benzene rings is 1. The number of amides is 1. The van der Waals surface area contributed by atoms with Gasteiger partial charge in [-0.05, 0) is 61.6 Å². The van der Waals surface area contributed by atoms with Gasteiger partial charge >= 0.3 is 5.97 Å². The molecule has 1 aromatic heterocycles. The summed E-state index contributed by atoms with van der Waals surface area (Å²) in [5.74, 6) is 1.64. The Labute approximate surface area is 189 Å². The zero-order valence-corrected chi connectivity index (χ0v) is 19.0. The standard InChI is InChI=1S/C25H30N4O3/c1-4-19-24(30)27(2)21-11-12-22(26-23(21)29(19)18-7-5-6-8-18)28-14-13-16-15-17(25(31)32-3)9-10-20(16)28/h9-12,15,18-19H,4-8,13-14H2,1-3H3/t19-/m1/s1. The normalized spacial score (nSPS) is 20.5. The summed E-state index contributed by atoms with van der Waals surface area (Å²) >= 11 is 0. The maximum atomic E-state index is 13.1. The molecular weight excluding hydrogens is 404 g/mol. The Morgan fingerprint density at radius 3 is 2.62 bits per heavy atom. The lowest BCUT2D eigenvalue weighted by Crippen LogP contribution is -2.55. The third-order valence-corrected chi connectivity index (χ3v) is 7.17. The first-order chi connectivity index (χ1) is 15.5. The number of aromatic nitrogens is 1. The van der Waals surface area contributed by atoms with Crippen molar-refractivity contribution < 1.29 is 14.3 Å². The van der Waals surface area contributed by atoms with E-state index < -0.39 is 0 Å². The summed E-state index contributed by atoms with van der Waals surface area (Å²) < 4.78 is 4.87. The SMILES string of the molecule is CC[C@@H]1C(=O)N(C)c2ccc(N3CCc4cc(C(=O)OC)ccc43)nc2N1C1CCCC1. The molecule has 3 heterocycles. The Morgan fingerprint density at radius 2 is 1.91 bits per heavy atom. The Balaban J connectivity index is 1.55. The molecule has 3 aliphatic rings. The average Bonchev–Trinajstić information content (AvgIpc) is 3.50. The average molecular weight is 435 g/mol. The second-order valence-corrected chi connectivity index (χ2v) is 8.92. The van der Waals surface area contributed by atoms with Crippen LogP contribution in [-0.4, -0.2) is 49.6 Å². The maximum Gasteiger partial charge on any atom is 0.337 e. The van der Waals surface area contributed by atoms with Crippen LogP contribution < -0.4 is 14.7 Å². The number of anilines is 4. The highest BCUT2D eigenvalue weighted by atomic mass is 16.5. The molecule has 1 amide bonds. The molecule has 0 N–H and O–H groups in total. The number of pyridine rings is 1. The van der Waals surface area contributed by atoms with Crippen LogP contribution in [0, 0.1) is 0 Å². The summed E-state index contributed by atoms with van der Waals surface area (Å²) in [5, 5.41) is 0. The summed E-state index contributed by atoms with van der Waals surface area (Å²) in [6.45, 7) is 2.89. The number of esters is 1. The first-order valence-corrected chi connectivity index (χ1v) is 11.6. The predicted octanol–water partition coefficient (Wildman–Crippen LogP) is 4.07. The summed E-state index contributed by atoms with van der Waals surface area (Å²) in [7, 11) is 3.26. The van der Waals surface area contributed by atoms with Crippen LogP contribution in [-0.2, 0) is 16.0 Å². The van der Waals surface area contributed by atoms with E-state index in [0.29, 0.717) is 11.6 Å². The van der Waals surface area contributed by atoms with E-state index in [1.807, 2.05) is 37.4 Å². The van der Waals surface area contributed by atoms with E-state index in [1.54, 1.807) is 4.90 Å². The fraction of sp³-hybridized carbons (Fsp3) is 0.480.